The molecule has 8 heteroatoms. The summed E-state index contributed by atoms with van der Waals surface area (Å²) in [4.78, 5) is 28.1. The van der Waals surface area contributed by atoms with Crippen molar-refractivity contribution in [2.24, 2.45) is 5.73 Å². The topological polar surface area (TPSA) is 108 Å². The van der Waals surface area contributed by atoms with Gasteiger partial charge in [-0.3, -0.25) is 4.79 Å². The molecule has 1 amide bonds. The van der Waals surface area contributed by atoms with E-state index in [4.69, 9.17) is 15.0 Å². The van der Waals surface area contributed by atoms with Crippen LogP contribution in [0.2, 0.25) is 0 Å². The molecule has 26 heavy (non-hydrogen) atoms. The summed E-state index contributed by atoms with van der Waals surface area (Å²) in [7, 11) is 0. The second-order valence-electron chi connectivity index (χ2n) is 6.24. The summed E-state index contributed by atoms with van der Waals surface area (Å²) in [6.45, 7) is 7.26. The number of aryl methyl sites for hydroxylation is 4. The number of hydrogen-bond acceptors (Lipinski definition) is 7. The van der Waals surface area contributed by atoms with E-state index in [9.17, 15) is 9.59 Å². The Morgan fingerprint density at radius 1 is 1.27 bits per heavy atom. The van der Waals surface area contributed by atoms with Gasteiger partial charge in [0.05, 0.1) is 16.4 Å². The molecule has 2 heterocycles. The highest BCUT2D eigenvalue weighted by atomic mass is 32.1. The lowest BCUT2D eigenvalue weighted by Gasteiger charge is -2.08. The predicted molar refractivity (Wildman–Crippen MR) is 98.2 cm³/mol. The lowest BCUT2D eigenvalue weighted by Crippen LogP contribution is -2.30. The normalized spacial score (nSPS) is 12.2. The van der Waals surface area contributed by atoms with Crippen LogP contribution in [0.4, 0.5) is 0 Å². The fourth-order valence-electron chi connectivity index (χ4n) is 2.55. The zero-order valence-electron chi connectivity index (χ0n) is 15.6. The van der Waals surface area contributed by atoms with E-state index < -0.39 is 18.0 Å². The minimum atomic E-state index is -0.965. The molecule has 0 fully saturated rings. The minimum absolute atomic E-state index is 0.404. The van der Waals surface area contributed by atoms with Gasteiger partial charge in [-0.1, -0.05) is 18.5 Å². The highest BCUT2D eigenvalue weighted by molar-refractivity contribution is 7.13. The Balaban J connectivity index is 2.05. The van der Waals surface area contributed by atoms with Gasteiger partial charge in [-0.25, -0.2) is 9.78 Å². The quantitative estimate of drug-likeness (QED) is 0.671. The van der Waals surface area contributed by atoms with Crippen LogP contribution in [0.15, 0.2) is 4.52 Å². The predicted octanol–water partition coefficient (Wildman–Crippen LogP) is 2.91. The van der Waals surface area contributed by atoms with Crippen molar-refractivity contribution in [3.8, 4) is 0 Å². The third-order valence-corrected chi connectivity index (χ3v) is 5.33. The number of primary amides is 1. The van der Waals surface area contributed by atoms with Crippen LogP contribution in [0.1, 0.15) is 64.1 Å². The van der Waals surface area contributed by atoms with Gasteiger partial charge in [0.15, 0.2) is 6.10 Å². The number of unbranched alkanes of at least 4 members (excludes halogenated alkanes) is 1. The molecule has 2 rings (SSSR count). The molecule has 0 aromatic carbocycles. The largest absolute Gasteiger partial charge is 0.448 e. The number of amides is 1. The number of aromatic nitrogens is 2. The maximum Gasteiger partial charge on any atom is 0.351 e. The van der Waals surface area contributed by atoms with Crippen molar-refractivity contribution in [2.75, 3.05) is 0 Å². The van der Waals surface area contributed by atoms with Crippen LogP contribution < -0.4 is 5.73 Å². The number of carbonyl (C=O) groups excluding carboxylic acids is 2. The van der Waals surface area contributed by atoms with Gasteiger partial charge in [-0.15, -0.1) is 11.3 Å². The van der Waals surface area contributed by atoms with Crippen LogP contribution in [-0.2, 0) is 28.8 Å². The van der Waals surface area contributed by atoms with Gasteiger partial charge in [0.1, 0.15) is 10.6 Å². The highest BCUT2D eigenvalue weighted by Gasteiger charge is 2.22. The van der Waals surface area contributed by atoms with Crippen LogP contribution >= 0.6 is 11.3 Å². The van der Waals surface area contributed by atoms with E-state index in [1.165, 1.54) is 18.3 Å². The smallest absolute Gasteiger partial charge is 0.351 e. The molecule has 2 aromatic rings. The molecule has 2 N–H and O–H groups in total. The molecule has 0 aliphatic rings. The van der Waals surface area contributed by atoms with Gasteiger partial charge in [0.25, 0.3) is 5.91 Å². The summed E-state index contributed by atoms with van der Waals surface area (Å²) in [5, 5.41) is 4.99. The van der Waals surface area contributed by atoms with E-state index in [0.717, 1.165) is 47.7 Å². The molecule has 2 aromatic heterocycles. The van der Waals surface area contributed by atoms with Gasteiger partial charge in [0, 0.05) is 12.0 Å². The Kier molecular flexibility index (Phi) is 6.90. The monoisotopic (exact) mass is 379 g/mol. The Bertz CT molecular complexity index is 781. The van der Waals surface area contributed by atoms with E-state index in [0.29, 0.717) is 17.0 Å². The fourth-order valence-corrected chi connectivity index (χ4v) is 3.50. The number of nitrogens with zero attached hydrogens (tertiary/aromatic N) is 2. The first-order chi connectivity index (χ1) is 12.3. The first-order valence-electron chi connectivity index (χ1n) is 8.74. The zero-order valence-corrected chi connectivity index (χ0v) is 16.4. The van der Waals surface area contributed by atoms with Gasteiger partial charge < -0.3 is 15.0 Å². The van der Waals surface area contributed by atoms with Crippen molar-refractivity contribution in [3.05, 3.63) is 32.6 Å². The summed E-state index contributed by atoms with van der Waals surface area (Å²) in [5.74, 6) is -0.412. The molecule has 7 nitrogen and oxygen atoms in total. The second-order valence-corrected chi connectivity index (χ2v) is 7.32. The van der Waals surface area contributed by atoms with Crippen molar-refractivity contribution in [2.45, 2.75) is 65.9 Å². The number of rotatable bonds is 9. The van der Waals surface area contributed by atoms with Crippen molar-refractivity contribution in [1.82, 2.24) is 10.1 Å². The number of nitrogens with two attached hydrogens (primary N) is 1. The summed E-state index contributed by atoms with van der Waals surface area (Å²) in [6, 6.07) is 0. The first kappa shape index (κ1) is 20.1. The molecule has 0 bridgehead atoms. The molecule has 0 spiro atoms. The van der Waals surface area contributed by atoms with E-state index >= 15 is 0 Å². The van der Waals surface area contributed by atoms with Gasteiger partial charge in [-0.2, -0.15) is 0 Å². The molecule has 0 saturated carbocycles. The Labute approximate surface area is 156 Å². The maximum atomic E-state index is 12.2. The Morgan fingerprint density at radius 3 is 2.65 bits per heavy atom. The molecular weight excluding hydrogens is 354 g/mol. The summed E-state index contributed by atoms with van der Waals surface area (Å²) in [6.07, 6.45) is 3.56. The lowest BCUT2D eigenvalue weighted by molar-refractivity contribution is -0.125. The molecule has 0 aliphatic carbocycles. The van der Waals surface area contributed by atoms with Crippen molar-refractivity contribution in [1.29, 1.82) is 0 Å². The average Bonchev–Trinajstić information content (AvgIpc) is 3.13. The molecule has 0 unspecified atom stereocenters. The number of hydrogen-bond donors (Lipinski definition) is 1. The minimum Gasteiger partial charge on any atom is -0.448 e. The highest BCUT2D eigenvalue weighted by Crippen LogP contribution is 2.23. The number of carbonyl (C=O) groups is 2. The van der Waals surface area contributed by atoms with Gasteiger partial charge in [-0.05, 0) is 40.0 Å². The average molecular weight is 379 g/mol. The standard InChI is InChI=1S/C18H25N3O4S/c1-5-6-7-14-13(11(3)25-21-14)8-9-15-20-10(2)16(26-15)18(23)24-12(4)17(19)22/h12H,5-9H2,1-4H3,(H2,19,22)/t12-/m0/s1. The van der Waals surface area contributed by atoms with Crippen LogP contribution in [-0.4, -0.2) is 28.1 Å². The van der Waals surface area contributed by atoms with Crippen LogP contribution in [0.3, 0.4) is 0 Å². The van der Waals surface area contributed by atoms with Crippen molar-refractivity contribution in [3.63, 3.8) is 0 Å². The van der Waals surface area contributed by atoms with E-state index in [2.05, 4.69) is 17.1 Å². The third-order valence-electron chi connectivity index (χ3n) is 4.13. The van der Waals surface area contributed by atoms with Crippen LogP contribution in [0.5, 0.6) is 0 Å². The number of esters is 1. The molecule has 0 saturated heterocycles. The van der Waals surface area contributed by atoms with E-state index in [1.807, 2.05) is 6.92 Å². The van der Waals surface area contributed by atoms with Gasteiger partial charge >= 0.3 is 5.97 Å². The SMILES string of the molecule is CCCCc1noc(C)c1CCc1nc(C)c(C(=O)O[C@@H](C)C(N)=O)s1. The Hall–Kier alpha value is -2.22. The fraction of sp³-hybridized carbons (Fsp3) is 0.556. The van der Waals surface area contributed by atoms with Crippen molar-refractivity contribution >= 4 is 23.2 Å². The first-order valence-corrected chi connectivity index (χ1v) is 9.55. The zero-order chi connectivity index (χ0) is 19.3. The number of ether oxygens (including phenoxy) is 1. The van der Waals surface area contributed by atoms with E-state index in [-0.39, 0.29) is 0 Å². The van der Waals surface area contributed by atoms with Crippen LogP contribution in [0, 0.1) is 13.8 Å². The van der Waals surface area contributed by atoms with E-state index in [1.54, 1.807) is 6.92 Å². The number of thiazole rings is 1. The molecule has 142 valence electrons. The molecule has 0 radical (unpaired) electrons. The van der Waals surface area contributed by atoms with Crippen molar-refractivity contribution < 1.29 is 18.8 Å². The maximum absolute atomic E-state index is 12.2. The second kappa shape index (κ2) is 8.93. The summed E-state index contributed by atoms with van der Waals surface area (Å²) in [5.41, 5.74) is 7.85. The summed E-state index contributed by atoms with van der Waals surface area (Å²) >= 11 is 1.28. The van der Waals surface area contributed by atoms with Crippen LogP contribution in [0.25, 0.3) is 0 Å². The van der Waals surface area contributed by atoms with Gasteiger partial charge in [0.2, 0.25) is 0 Å². The molecular formula is C18H25N3O4S. The molecule has 1 atom stereocenters. The molecule has 0 aliphatic heterocycles. The third kappa shape index (κ3) is 4.91. The Morgan fingerprint density at radius 2 is 2.00 bits per heavy atom. The summed E-state index contributed by atoms with van der Waals surface area (Å²) < 4.78 is 10.4. The lowest BCUT2D eigenvalue weighted by atomic mass is 10.0.